The molecule has 0 aromatic rings. The predicted octanol–water partition coefficient (Wildman–Crippen LogP) is 3.30. The first kappa shape index (κ1) is 16.9. The van der Waals surface area contributed by atoms with Crippen molar-refractivity contribution in [2.45, 2.75) is 58.5 Å². The molecule has 0 spiro atoms. The topological polar surface area (TPSA) is 29.5 Å². The van der Waals surface area contributed by atoms with Gasteiger partial charge in [0.2, 0.25) is 8.32 Å². The first-order chi connectivity index (χ1) is 7.52. The van der Waals surface area contributed by atoms with Crippen molar-refractivity contribution in [3.05, 3.63) is 0 Å². The van der Waals surface area contributed by atoms with Gasteiger partial charge in [-0.1, -0.05) is 19.6 Å². The Morgan fingerprint density at radius 3 is 2.00 bits per heavy atom. The van der Waals surface area contributed by atoms with Crippen LogP contribution < -0.4 is 0 Å². The fraction of sp³-hybridized carbons (Fsp3) is 0.917. The lowest BCUT2D eigenvalue weighted by atomic mass is 10.2. The molecular weight excluding hydrogens is 246 g/mol. The van der Waals surface area contributed by atoms with Gasteiger partial charge in [-0.25, -0.2) is 0 Å². The number of rotatable bonds is 7. The van der Waals surface area contributed by atoms with Crippen molar-refractivity contribution in [3.8, 4) is 0 Å². The molecule has 0 amide bonds. The molecule has 3 nitrogen and oxygen atoms in total. The van der Waals surface area contributed by atoms with Gasteiger partial charge < -0.3 is 8.99 Å². The Balaban J connectivity index is 3.69. The van der Waals surface area contributed by atoms with E-state index >= 15 is 0 Å². The monoisotopic (exact) mass is 275 g/mol. The largest absolute Gasteiger partial charge is 0.520 e. The SMILES string of the molecule is CN(CCCCC(=O)O[Si](C)(C)C)[Si](C)(C)C. The molecule has 0 radical (unpaired) electrons. The number of nitrogens with zero attached hydrogens (tertiary/aromatic N) is 1. The lowest BCUT2D eigenvalue weighted by molar-refractivity contribution is -0.135. The number of hydrogen-bond acceptors (Lipinski definition) is 3. The molecule has 0 aliphatic carbocycles. The third-order valence-electron chi connectivity index (χ3n) is 2.69. The van der Waals surface area contributed by atoms with E-state index in [1.54, 1.807) is 0 Å². The summed E-state index contributed by atoms with van der Waals surface area (Å²) in [7, 11) is -0.650. The van der Waals surface area contributed by atoms with Crippen molar-refractivity contribution in [1.29, 1.82) is 0 Å². The van der Waals surface area contributed by atoms with Gasteiger partial charge in [-0.05, 0) is 46.1 Å². The van der Waals surface area contributed by atoms with E-state index in [1.807, 2.05) is 19.6 Å². The normalized spacial score (nSPS) is 12.9. The van der Waals surface area contributed by atoms with Crippen LogP contribution in [0.5, 0.6) is 0 Å². The minimum Gasteiger partial charge on any atom is -0.520 e. The summed E-state index contributed by atoms with van der Waals surface area (Å²) in [5.41, 5.74) is 0. The molecular formula is C12H29NO2Si2. The van der Waals surface area contributed by atoms with Crippen LogP contribution in [0.15, 0.2) is 0 Å². The summed E-state index contributed by atoms with van der Waals surface area (Å²) in [5, 5.41) is 0. The molecule has 0 aromatic carbocycles. The van der Waals surface area contributed by atoms with Gasteiger partial charge in [-0.3, -0.25) is 4.79 Å². The van der Waals surface area contributed by atoms with Gasteiger partial charge in [0.25, 0.3) is 5.97 Å². The van der Waals surface area contributed by atoms with Gasteiger partial charge in [-0.15, -0.1) is 0 Å². The Labute approximate surface area is 109 Å². The molecule has 0 atom stereocenters. The first-order valence-corrected chi connectivity index (χ1v) is 13.3. The van der Waals surface area contributed by atoms with Crippen LogP contribution >= 0.6 is 0 Å². The van der Waals surface area contributed by atoms with Crippen LogP contribution in [0.2, 0.25) is 39.3 Å². The second kappa shape index (κ2) is 6.70. The smallest absolute Gasteiger partial charge is 0.292 e. The highest BCUT2D eigenvalue weighted by molar-refractivity contribution is 6.73. The summed E-state index contributed by atoms with van der Waals surface area (Å²) >= 11 is 0. The van der Waals surface area contributed by atoms with Crippen molar-refractivity contribution in [2.75, 3.05) is 13.6 Å². The second-order valence-corrected chi connectivity index (χ2v) is 16.2. The zero-order valence-electron chi connectivity index (χ0n) is 12.6. The molecule has 0 N–H and O–H groups in total. The summed E-state index contributed by atoms with van der Waals surface area (Å²) in [6, 6.07) is 0. The predicted molar refractivity (Wildman–Crippen MR) is 79.3 cm³/mol. The minimum atomic E-state index is -1.69. The third kappa shape index (κ3) is 9.55. The van der Waals surface area contributed by atoms with E-state index in [0.717, 1.165) is 19.4 Å². The molecule has 17 heavy (non-hydrogen) atoms. The maximum absolute atomic E-state index is 11.5. The number of hydrogen-bond donors (Lipinski definition) is 0. The van der Waals surface area contributed by atoms with Gasteiger partial charge in [0.15, 0.2) is 0 Å². The van der Waals surface area contributed by atoms with Gasteiger partial charge >= 0.3 is 0 Å². The van der Waals surface area contributed by atoms with E-state index in [0.29, 0.717) is 6.42 Å². The highest BCUT2D eigenvalue weighted by atomic mass is 28.4. The van der Waals surface area contributed by atoms with E-state index in [9.17, 15) is 4.79 Å². The number of carbonyl (C=O) groups is 1. The average Bonchev–Trinajstić information content (AvgIpc) is 2.07. The summed E-state index contributed by atoms with van der Waals surface area (Å²) in [6.45, 7) is 14.2. The van der Waals surface area contributed by atoms with Crippen molar-refractivity contribution in [3.63, 3.8) is 0 Å². The zero-order chi connectivity index (χ0) is 13.7. The molecule has 5 heteroatoms. The standard InChI is InChI=1S/C12H29NO2Si2/c1-13(16(2,3)4)11-9-8-10-12(14)15-17(5,6)7/h8-11H2,1-7H3. The summed E-state index contributed by atoms with van der Waals surface area (Å²) in [5.74, 6) is -0.0141. The minimum absolute atomic E-state index is 0.0141. The maximum Gasteiger partial charge on any atom is 0.292 e. The second-order valence-electron chi connectivity index (χ2n) is 6.64. The van der Waals surface area contributed by atoms with Gasteiger partial charge in [0.05, 0.1) is 0 Å². The maximum atomic E-state index is 11.5. The van der Waals surface area contributed by atoms with Crippen LogP contribution in [0.1, 0.15) is 19.3 Å². The molecule has 0 heterocycles. The average molecular weight is 276 g/mol. The van der Waals surface area contributed by atoms with Crippen LogP contribution in [0.4, 0.5) is 0 Å². The Morgan fingerprint density at radius 2 is 1.59 bits per heavy atom. The summed E-state index contributed by atoms with van der Waals surface area (Å²) < 4.78 is 7.86. The third-order valence-corrected chi connectivity index (χ3v) is 6.04. The summed E-state index contributed by atoms with van der Waals surface area (Å²) in [6.07, 6.45) is 2.60. The van der Waals surface area contributed by atoms with Crippen molar-refractivity contribution >= 4 is 22.5 Å². The van der Waals surface area contributed by atoms with E-state index in [4.69, 9.17) is 4.43 Å². The lowest BCUT2D eigenvalue weighted by Crippen LogP contribution is -2.43. The Hall–Kier alpha value is -0.136. The quantitative estimate of drug-likeness (QED) is 0.527. The van der Waals surface area contributed by atoms with Gasteiger partial charge in [0, 0.05) is 6.42 Å². The molecule has 0 bridgehead atoms. The van der Waals surface area contributed by atoms with E-state index in [2.05, 4.69) is 31.3 Å². The van der Waals surface area contributed by atoms with Gasteiger partial charge in [0.1, 0.15) is 8.24 Å². The van der Waals surface area contributed by atoms with Crippen LogP contribution in [0.3, 0.4) is 0 Å². The molecule has 102 valence electrons. The number of carbonyl (C=O) groups excluding carboxylic acids is 1. The van der Waals surface area contributed by atoms with Crippen molar-refractivity contribution < 1.29 is 9.22 Å². The molecule has 0 saturated carbocycles. The lowest BCUT2D eigenvalue weighted by Gasteiger charge is -2.29. The number of unbranched alkanes of at least 4 members (excludes halogenated alkanes) is 1. The van der Waals surface area contributed by atoms with Crippen LogP contribution in [-0.4, -0.2) is 40.7 Å². The first-order valence-electron chi connectivity index (χ1n) is 6.45. The highest BCUT2D eigenvalue weighted by Crippen LogP contribution is 2.10. The van der Waals surface area contributed by atoms with E-state index < -0.39 is 16.6 Å². The highest BCUT2D eigenvalue weighted by Gasteiger charge is 2.20. The molecule has 0 rings (SSSR count). The van der Waals surface area contributed by atoms with Crippen molar-refractivity contribution in [2.24, 2.45) is 0 Å². The fourth-order valence-corrected chi connectivity index (χ4v) is 2.96. The van der Waals surface area contributed by atoms with E-state index in [-0.39, 0.29) is 5.97 Å². The van der Waals surface area contributed by atoms with Crippen LogP contribution in [0.25, 0.3) is 0 Å². The van der Waals surface area contributed by atoms with E-state index in [1.165, 1.54) is 0 Å². The molecule has 0 fully saturated rings. The Bertz CT molecular complexity index is 244. The van der Waals surface area contributed by atoms with Crippen LogP contribution in [-0.2, 0) is 9.22 Å². The molecule has 0 aromatic heterocycles. The molecule has 0 unspecified atom stereocenters. The van der Waals surface area contributed by atoms with Crippen LogP contribution in [0, 0.1) is 0 Å². The zero-order valence-corrected chi connectivity index (χ0v) is 14.6. The van der Waals surface area contributed by atoms with Gasteiger partial charge in [-0.2, -0.15) is 0 Å². The fourth-order valence-electron chi connectivity index (χ4n) is 1.35. The molecule has 0 saturated heterocycles. The Kier molecular flexibility index (Phi) is 6.65. The molecule has 0 aliphatic heterocycles. The van der Waals surface area contributed by atoms with Crippen molar-refractivity contribution in [1.82, 2.24) is 4.57 Å². The summed E-state index contributed by atoms with van der Waals surface area (Å²) in [4.78, 5) is 11.5. The molecule has 0 aliphatic rings. The Morgan fingerprint density at radius 1 is 1.06 bits per heavy atom.